The van der Waals surface area contributed by atoms with E-state index in [0.717, 1.165) is 27.0 Å². The molecular weight excluding hydrogens is 431 g/mol. The van der Waals surface area contributed by atoms with E-state index >= 15 is 0 Å². The summed E-state index contributed by atoms with van der Waals surface area (Å²) in [6.07, 6.45) is -2.53. The van der Waals surface area contributed by atoms with Crippen LogP contribution in [0.2, 0.25) is 0 Å². The van der Waals surface area contributed by atoms with Gasteiger partial charge in [0.15, 0.2) is 0 Å². The normalized spacial score (nSPS) is 11.8. The SMILES string of the molecule is COC(=O)c1cc(Br)cc2c1c(Sc1ccc(C(F)(F)F)cc1)cn2C. The third-order valence-corrected chi connectivity index (χ3v) is 5.33. The zero-order valence-electron chi connectivity index (χ0n) is 13.7. The zero-order chi connectivity index (χ0) is 19.1. The van der Waals surface area contributed by atoms with Crippen LogP contribution < -0.4 is 0 Å². The smallest absolute Gasteiger partial charge is 0.416 e. The maximum Gasteiger partial charge on any atom is 0.416 e. The summed E-state index contributed by atoms with van der Waals surface area (Å²) in [4.78, 5) is 13.6. The van der Waals surface area contributed by atoms with E-state index in [1.54, 1.807) is 6.07 Å². The molecule has 0 spiro atoms. The number of carbonyl (C=O) groups excluding carboxylic acids is 1. The highest BCUT2D eigenvalue weighted by atomic mass is 79.9. The third kappa shape index (κ3) is 3.61. The van der Waals surface area contributed by atoms with Crippen LogP contribution in [0.1, 0.15) is 15.9 Å². The van der Waals surface area contributed by atoms with Crippen molar-refractivity contribution in [1.82, 2.24) is 4.57 Å². The summed E-state index contributed by atoms with van der Waals surface area (Å²) in [5.41, 5.74) is 0.514. The van der Waals surface area contributed by atoms with E-state index in [9.17, 15) is 18.0 Å². The number of halogens is 4. The van der Waals surface area contributed by atoms with Gasteiger partial charge in [-0.1, -0.05) is 27.7 Å². The maximum absolute atomic E-state index is 12.7. The number of aromatic nitrogens is 1. The molecule has 3 aromatic rings. The summed E-state index contributed by atoms with van der Waals surface area (Å²) in [6, 6.07) is 8.48. The quantitative estimate of drug-likeness (QED) is 0.472. The van der Waals surface area contributed by atoms with Gasteiger partial charge in [-0.05, 0) is 36.4 Å². The van der Waals surface area contributed by atoms with E-state index in [0.29, 0.717) is 15.8 Å². The first kappa shape index (κ1) is 18.8. The van der Waals surface area contributed by atoms with Crippen molar-refractivity contribution in [2.75, 3.05) is 7.11 Å². The molecular formula is C18H13BrF3NO2S. The van der Waals surface area contributed by atoms with Gasteiger partial charge < -0.3 is 9.30 Å². The van der Waals surface area contributed by atoms with Gasteiger partial charge in [-0.3, -0.25) is 0 Å². The first-order valence-electron chi connectivity index (χ1n) is 7.42. The van der Waals surface area contributed by atoms with Crippen LogP contribution in [0.5, 0.6) is 0 Å². The number of hydrogen-bond donors (Lipinski definition) is 0. The molecule has 0 N–H and O–H groups in total. The number of fused-ring (bicyclic) bond motifs is 1. The summed E-state index contributed by atoms with van der Waals surface area (Å²) >= 11 is 4.68. The predicted molar refractivity (Wildman–Crippen MR) is 97.5 cm³/mol. The van der Waals surface area contributed by atoms with Gasteiger partial charge in [-0.15, -0.1) is 0 Å². The molecule has 1 aromatic heterocycles. The molecule has 3 nitrogen and oxygen atoms in total. The minimum Gasteiger partial charge on any atom is -0.465 e. The Hall–Kier alpha value is -1.93. The number of rotatable bonds is 3. The molecule has 0 atom stereocenters. The van der Waals surface area contributed by atoms with E-state index in [2.05, 4.69) is 15.9 Å². The summed E-state index contributed by atoms with van der Waals surface area (Å²) in [6.45, 7) is 0. The topological polar surface area (TPSA) is 31.2 Å². The van der Waals surface area contributed by atoms with E-state index < -0.39 is 17.7 Å². The van der Waals surface area contributed by atoms with Crippen LogP contribution in [0.4, 0.5) is 13.2 Å². The van der Waals surface area contributed by atoms with Gasteiger partial charge >= 0.3 is 12.1 Å². The second-order valence-electron chi connectivity index (χ2n) is 5.57. The van der Waals surface area contributed by atoms with Gasteiger partial charge in [-0.2, -0.15) is 13.2 Å². The Morgan fingerprint density at radius 1 is 1.19 bits per heavy atom. The van der Waals surface area contributed by atoms with Crippen LogP contribution in [-0.4, -0.2) is 17.6 Å². The number of methoxy groups -OCH3 is 1. The summed E-state index contributed by atoms with van der Waals surface area (Å²) in [7, 11) is 3.15. The van der Waals surface area contributed by atoms with Gasteiger partial charge in [0.05, 0.1) is 23.8 Å². The fraction of sp³-hybridized carbons (Fsp3) is 0.167. The second-order valence-corrected chi connectivity index (χ2v) is 7.60. The van der Waals surface area contributed by atoms with Gasteiger partial charge in [0.1, 0.15) is 0 Å². The van der Waals surface area contributed by atoms with Gasteiger partial charge in [-0.25, -0.2) is 4.79 Å². The van der Waals surface area contributed by atoms with E-state index in [1.807, 2.05) is 23.9 Å². The average molecular weight is 444 g/mol. The molecule has 8 heteroatoms. The lowest BCUT2D eigenvalue weighted by atomic mass is 10.1. The molecule has 0 aliphatic rings. The lowest BCUT2D eigenvalue weighted by Gasteiger charge is -2.08. The molecule has 0 aliphatic carbocycles. The molecule has 0 aliphatic heterocycles. The molecule has 0 fully saturated rings. The maximum atomic E-state index is 12.7. The van der Waals surface area contributed by atoms with Crippen molar-refractivity contribution in [2.45, 2.75) is 16.0 Å². The molecule has 3 rings (SSSR count). The molecule has 0 saturated heterocycles. The summed E-state index contributed by atoms with van der Waals surface area (Å²) in [5.74, 6) is -0.475. The molecule has 2 aromatic carbocycles. The first-order chi connectivity index (χ1) is 12.2. The van der Waals surface area contributed by atoms with E-state index in [1.165, 1.54) is 31.0 Å². The zero-order valence-corrected chi connectivity index (χ0v) is 16.1. The van der Waals surface area contributed by atoms with Crippen LogP contribution in [0.25, 0.3) is 10.9 Å². The number of esters is 1. The summed E-state index contributed by atoms with van der Waals surface area (Å²) in [5, 5.41) is 0.701. The van der Waals surface area contributed by atoms with Crippen molar-refractivity contribution in [3.8, 4) is 0 Å². The number of alkyl halides is 3. The van der Waals surface area contributed by atoms with Crippen LogP contribution in [0.3, 0.4) is 0 Å². The van der Waals surface area contributed by atoms with Crippen molar-refractivity contribution < 1.29 is 22.7 Å². The van der Waals surface area contributed by atoms with E-state index in [4.69, 9.17) is 4.74 Å². The largest absolute Gasteiger partial charge is 0.465 e. The number of nitrogens with zero attached hydrogens (tertiary/aromatic N) is 1. The van der Waals surface area contributed by atoms with Crippen molar-refractivity contribution in [3.63, 3.8) is 0 Å². The number of carbonyl (C=O) groups is 1. The highest BCUT2D eigenvalue weighted by molar-refractivity contribution is 9.10. The molecule has 0 unspecified atom stereocenters. The van der Waals surface area contributed by atoms with Crippen LogP contribution in [0.15, 0.2) is 56.9 Å². The Morgan fingerprint density at radius 3 is 2.42 bits per heavy atom. The monoisotopic (exact) mass is 443 g/mol. The van der Waals surface area contributed by atoms with Crippen molar-refractivity contribution in [1.29, 1.82) is 0 Å². The first-order valence-corrected chi connectivity index (χ1v) is 9.03. The van der Waals surface area contributed by atoms with E-state index in [-0.39, 0.29) is 0 Å². The molecule has 0 radical (unpaired) electrons. The lowest BCUT2D eigenvalue weighted by molar-refractivity contribution is -0.137. The molecule has 0 amide bonds. The van der Waals surface area contributed by atoms with Gasteiger partial charge in [0, 0.05) is 32.9 Å². The molecule has 1 heterocycles. The van der Waals surface area contributed by atoms with Crippen LogP contribution in [0, 0.1) is 0 Å². The predicted octanol–water partition coefficient (Wildman–Crippen LogP) is 5.90. The van der Waals surface area contributed by atoms with Crippen molar-refractivity contribution in [2.24, 2.45) is 7.05 Å². The minimum absolute atomic E-state index is 0.395. The molecule has 0 bridgehead atoms. The number of ether oxygens (including phenoxy) is 1. The van der Waals surface area contributed by atoms with Gasteiger partial charge in [0.2, 0.25) is 0 Å². The fourth-order valence-corrected chi connectivity index (χ4v) is 4.13. The fourth-order valence-electron chi connectivity index (χ4n) is 2.63. The Labute approximate surface area is 160 Å². The van der Waals surface area contributed by atoms with Crippen molar-refractivity contribution >= 4 is 44.6 Å². The Bertz CT molecular complexity index is 981. The highest BCUT2D eigenvalue weighted by Crippen LogP contribution is 2.39. The van der Waals surface area contributed by atoms with Crippen LogP contribution >= 0.6 is 27.7 Å². The Balaban J connectivity index is 2.07. The average Bonchev–Trinajstić information content (AvgIpc) is 2.89. The lowest BCUT2D eigenvalue weighted by Crippen LogP contribution is -2.03. The number of benzene rings is 2. The minimum atomic E-state index is -4.37. The highest BCUT2D eigenvalue weighted by Gasteiger charge is 2.30. The Kier molecular flexibility index (Phi) is 5.07. The Morgan fingerprint density at radius 2 is 1.85 bits per heavy atom. The third-order valence-electron chi connectivity index (χ3n) is 3.83. The second kappa shape index (κ2) is 7.00. The number of aryl methyl sites for hydroxylation is 1. The van der Waals surface area contributed by atoms with Crippen LogP contribution in [-0.2, 0) is 18.0 Å². The molecule has 0 saturated carbocycles. The number of hydrogen-bond acceptors (Lipinski definition) is 3. The molecule has 26 heavy (non-hydrogen) atoms. The van der Waals surface area contributed by atoms with Gasteiger partial charge in [0.25, 0.3) is 0 Å². The standard InChI is InChI=1S/C18H13BrF3NO2S/c1-23-9-15(26-12-5-3-10(4-6-12)18(20,21)22)16-13(17(24)25-2)7-11(19)8-14(16)23/h3-9H,1-2H3. The van der Waals surface area contributed by atoms with Crippen molar-refractivity contribution in [3.05, 3.63) is 58.2 Å². The summed E-state index contributed by atoms with van der Waals surface area (Å²) < 4.78 is 45.6. The molecule has 136 valence electrons.